The van der Waals surface area contributed by atoms with Gasteiger partial charge in [-0.25, -0.2) is 0 Å². The van der Waals surface area contributed by atoms with Gasteiger partial charge in [0, 0.05) is 12.6 Å². The van der Waals surface area contributed by atoms with E-state index in [1.807, 2.05) is 0 Å². The minimum absolute atomic E-state index is 0.360. The first-order valence-electron chi connectivity index (χ1n) is 6.40. The van der Waals surface area contributed by atoms with E-state index >= 15 is 0 Å². The van der Waals surface area contributed by atoms with E-state index in [2.05, 4.69) is 26.1 Å². The Labute approximate surface area is 94.0 Å². The van der Waals surface area contributed by atoms with E-state index < -0.39 is 0 Å². The van der Waals surface area contributed by atoms with Gasteiger partial charge in [-0.1, -0.05) is 27.2 Å². The normalized spacial score (nSPS) is 43.2. The zero-order valence-corrected chi connectivity index (χ0v) is 10.5. The highest BCUT2D eigenvalue weighted by Crippen LogP contribution is 2.51. The van der Waals surface area contributed by atoms with Crippen LogP contribution in [0.4, 0.5) is 0 Å². The van der Waals surface area contributed by atoms with E-state index in [0.29, 0.717) is 16.9 Å². The van der Waals surface area contributed by atoms with Crippen molar-refractivity contribution in [3.63, 3.8) is 0 Å². The van der Waals surface area contributed by atoms with Crippen molar-refractivity contribution in [2.75, 3.05) is 13.1 Å². The summed E-state index contributed by atoms with van der Waals surface area (Å²) in [5, 5.41) is 3.64. The highest BCUT2D eigenvalue weighted by atomic mass is 14.9. The third kappa shape index (κ3) is 2.36. The van der Waals surface area contributed by atoms with Gasteiger partial charge in [0.15, 0.2) is 0 Å². The van der Waals surface area contributed by atoms with Crippen LogP contribution in [0.2, 0.25) is 0 Å². The second kappa shape index (κ2) is 3.74. The summed E-state index contributed by atoms with van der Waals surface area (Å²) in [6.45, 7) is 9.37. The summed E-state index contributed by atoms with van der Waals surface area (Å²) in [6.07, 6.45) is 5.22. The average Bonchev–Trinajstić information content (AvgIpc) is 2.59. The van der Waals surface area contributed by atoms with E-state index in [-0.39, 0.29) is 0 Å². The maximum Gasteiger partial charge on any atom is 0.0105 e. The first-order chi connectivity index (χ1) is 6.94. The maximum atomic E-state index is 6.16. The van der Waals surface area contributed by atoms with Crippen molar-refractivity contribution in [3.05, 3.63) is 0 Å². The Morgan fingerprint density at radius 2 is 2.00 bits per heavy atom. The van der Waals surface area contributed by atoms with E-state index in [9.17, 15) is 0 Å². The lowest BCUT2D eigenvalue weighted by Gasteiger charge is -2.29. The van der Waals surface area contributed by atoms with Gasteiger partial charge in [0.1, 0.15) is 0 Å². The third-order valence-electron chi connectivity index (χ3n) is 4.80. The molecule has 2 fully saturated rings. The molecular formula is C13H26N2. The third-order valence-corrected chi connectivity index (χ3v) is 4.80. The van der Waals surface area contributed by atoms with Gasteiger partial charge in [-0.15, -0.1) is 0 Å². The van der Waals surface area contributed by atoms with Crippen molar-refractivity contribution in [1.82, 2.24) is 5.32 Å². The molecule has 2 nitrogen and oxygen atoms in total. The van der Waals surface area contributed by atoms with Gasteiger partial charge in [-0.3, -0.25) is 0 Å². The van der Waals surface area contributed by atoms with E-state index in [4.69, 9.17) is 5.73 Å². The lowest BCUT2D eigenvalue weighted by atomic mass is 9.85. The van der Waals surface area contributed by atoms with Crippen LogP contribution < -0.4 is 11.1 Å². The Morgan fingerprint density at radius 1 is 1.33 bits per heavy atom. The van der Waals surface area contributed by atoms with Gasteiger partial charge < -0.3 is 11.1 Å². The molecule has 0 heterocycles. The second-order valence-electron chi connectivity index (χ2n) is 6.67. The summed E-state index contributed by atoms with van der Waals surface area (Å²) in [7, 11) is 0. The fraction of sp³-hybridized carbons (Fsp3) is 1.00. The number of nitrogens with two attached hydrogens (primary N) is 1. The lowest BCUT2D eigenvalue weighted by molar-refractivity contribution is 0.274. The van der Waals surface area contributed by atoms with Crippen molar-refractivity contribution in [2.45, 2.75) is 52.5 Å². The van der Waals surface area contributed by atoms with Crippen LogP contribution in [0.3, 0.4) is 0 Å². The molecule has 0 radical (unpaired) electrons. The van der Waals surface area contributed by atoms with Crippen molar-refractivity contribution in [2.24, 2.45) is 22.5 Å². The van der Waals surface area contributed by atoms with Crippen LogP contribution >= 0.6 is 0 Å². The van der Waals surface area contributed by atoms with Crippen LogP contribution in [0, 0.1) is 16.7 Å². The predicted octanol–water partition coefficient (Wildman–Crippen LogP) is 2.14. The van der Waals surface area contributed by atoms with Crippen LogP contribution in [-0.2, 0) is 0 Å². The van der Waals surface area contributed by atoms with E-state index in [1.165, 1.54) is 32.2 Å². The van der Waals surface area contributed by atoms with Crippen LogP contribution in [0.1, 0.15) is 46.5 Å². The molecule has 0 aliphatic heterocycles. The molecule has 0 amide bonds. The molecule has 0 spiro atoms. The fourth-order valence-electron chi connectivity index (χ4n) is 2.94. The summed E-state index contributed by atoms with van der Waals surface area (Å²) < 4.78 is 0. The Balaban J connectivity index is 1.70. The number of rotatable bonds is 4. The summed E-state index contributed by atoms with van der Waals surface area (Å²) in [6, 6.07) is 0.414. The van der Waals surface area contributed by atoms with Crippen LogP contribution in [0.5, 0.6) is 0 Å². The van der Waals surface area contributed by atoms with Crippen LogP contribution in [0.15, 0.2) is 0 Å². The molecule has 2 aliphatic rings. The largest absolute Gasteiger partial charge is 0.327 e. The Hall–Kier alpha value is -0.0800. The summed E-state index contributed by atoms with van der Waals surface area (Å²) in [4.78, 5) is 0. The molecule has 2 saturated carbocycles. The molecule has 0 aromatic heterocycles. The molecule has 3 unspecified atom stereocenters. The van der Waals surface area contributed by atoms with Gasteiger partial charge >= 0.3 is 0 Å². The Bertz CT molecular complexity index is 237. The molecule has 0 aromatic carbocycles. The standard InChI is InChI=1S/C13H26N2/c1-12(2)7-10(12)8-15-9-13(3)6-4-5-11(13)14/h10-11,15H,4-9,14H2,1-3H3. The lowest BCUT2D eigenvalue weighted by Crippen LogP contribution is -2.43. The minimum Gasteiger partial charge on any atom is -0.327 e. The molecule has 2 rings (SSSR count). The molecule has 0 aromatic rings. The fourth-order valence-corrected chi connectivity index (χ4v) is 2.94. The zero-order valence-electron chi connectivity index (χ0n) is 10.5. The topological polar surface area (TPSA) is 38.0 Å². The minimum atomic E-state index is 0.360. The highest BCUT2D eigenvalue weighted by molar-refractivity contribution is 4.98. The van der Waals surface area contributed by atoms with Gasteiger partial charge in [0.2, 0.25) is 0 Å². The quantitative estimate of drug-likeness (QED) is 0.746. The van der Waals surface area contributed by atoms with Crippen molar-refractivity contribution in [1.29, 1.82) is 0 Å². The molecule has 0 saturated heterocycles. The van der Waals surface area contributed by atoms with Gasteiger partial charge in [0.05, 0.1) is 0 Å². The first-order valence-corrected chi connectivity index (χ1v) is 6.40. The number of hydrogen-bond donors (Lipinski definition) is 2. The van der Waals surface area contributed by atoms with Crippen LogP contribution in [-0.4, -0.2) is 19.1 Å². The molecule has 2 aliphatic carbocycles. The molecule has 3 N–H and O–H groups in total. The van der Waals surface area contributed by atoms with Gasteiger partial charge in [-0.2, -0.15) is 0 Å². The van der Waals surface area contributed by atoms with Crippen molar-refractivity contribution in [3.8, 4) is 0 Å². The summed E-state index contributed by atoms with van der Waals surface area (Å²) in [5.41, 5.74) is 7.12. The van der Waals surface area contributed by atoms with Crippen molar-refractivity contribution >= 4 is 0 Å². The first kappa shape index (κ1) is 11.4. The molecular weight excluding hydrogens is 184 g/mol. The highest BCUT2D eigenvalue weighted by Gasteiger charge is 2.45. The second-order valence-corrected chi connectivity index (χ2v) is 6.67. The summed E-state index contributed by atoms with van der Waals surface area (Å²) >= 11 is 0. The van der Waals surface area contributed by atoms with E-state index in [0.717, 1.165) is 12.5 Å². The molecule has 88 valence electrons. The van der Waals surface area contributed by atoms with Crippen molar-refractivity contribution < 1.29 is 0 Å². The van der Waals surface area contributed by atoms with Gasteiger partial charge in [0.25, 0.3) is 0 Å². The van der Waals surface area contributed by atoms with Crippen LogP contribution in [0.25, 0.3) is 0 Å². The molecule has 0 bridgehead atoms. The van der Waals surface area contributed by atoms with Gasteiger partial charge in [-0.05, 0) is 42.6 Å². The predicted molar refractivity (Wildman–Crippen MR) is 64.7 cm³/mol. The Morgan fingerprint density at radius 3 is 2.47 bits per heavy atom. The molecule has 2 heteroatoms. The zero-order chi connectivity index (χ0) is 11.1. The SMILES string of the molecule is CC1(C)CC1CNCC1(C)CCCC1N. The average molecular weight is 210 g/mol. The smallest absolute Gasteiger partial charge is 0.0105 e. The maximum absolute atomic E-state index is 6.16. The Kier molecular flexibility index (Phi) is 2.85. The summed E-state index contributed by atoms with van der Waals surface area (Å²) in [5.74, 6) is 0.902. The number of nitrogens with one attached hydrogen (secondary N) is 1. The monoisotopic (exact) mass is 210 g/mol. The number of hydrogen-bond acceptors (Lipinski definition) is 2. The molecule has 3 atom stereocenters. The van der Waals surface area contributed by atoms with E-state index in [1.54, 1.807) is 0 Å². The molecule has 15 heavy (non-hydrogen) atoms.